The molecule has 0 aromatic heterocycles. The maximum atomic E-state index is 12.8. The monoisotopic (exact) mass is 358 g/mol. The van der Waals surface area contributed by atoms with Crippen LogP contribution in [-0.2, 0) is 4.79 Å². The molecular weight excluding hydrogens is 336 g/mol. The average Bonchev–Trinajstić information content (AvgIpc) is 2.68. The first-order chi connectivity index (χ1) is 12.2. The number of rotatable bonds is 5. The van der Waals surface area contributed by atoms with E-state index >= 15 is 0 Å². The van der Waals surface area contributed by atoms with Gasteiger partial charge in [0.2, 0.25) is 0 Å². The number of para-hydroxylation sites is 1. The quantitative estimate of drug-likeness (QED) is 0.814. The lowest BCUT2D eigenvalue weighted by Crippen LogP contribution is -2.52. The summed E-state index contributed by atoms with van der Waals surface area (Å²) >= 11 is 5.90. The van der Waals surface area contributed by atoms with Crippen LogP contribution in [0.3, 0.4) is 0 Å². The number of carbonyl (C=O) groups excluding carboxylic acids is 1. The van der Waals surface area contributed by atoms with Crippen LogP contribution in [0, 0.1) is 0 Å². The molecule has 0 N–H and O–H groups in total. The van der Waals surface area contributed by atoms with Crippen LogP contribution in [0.1, 0.15) is 13.3 Å². The molecule has 25 heavy (non-hydrogen) atoms. The number of carbonyl (C=O) groups is 1. The predicted molar refractivity (Wildman–Crippen MR) is 101 cm³/mol. The van der Waals surface area contributed by atoms with E-state index in [-0.39, 0.29) is 5.91 Å². The van der Waals surface area contributed by atoms with Gasteiger partial charge in [-0.1, -0.05) is 36.7 Å². The first-order valence-electron chi connectivity index (χ1n) is 8.68. The van der Waals surface area contributed by atoms with Gasteiger partial charge in [0.25, 0.3) is 5.91 Å². The second-order valence-corrected chi connectivity index (χ2v) is 6.55. The summed E-state index contributed by atoms with van der Waals surface area (Å²) in [7, 11) is 0. The Bertz CT molecular complexity index is 683. The molecule has 132 valence electrons. The molecule has 1 atom stereocenters. The van der Waals surface area contributed by atoms with Crippen molar-refractivity contribution in [1.82, 2.24) is 4.90 Å². The second kappa shape index (κ2) is 8.26. The summed E-state index contributed by atoms with van der Waals surface area (Å²) in [5, 5.41) is 0.656. The van der Waals surface area contributed by atoms with Crippen LogP contribution < -0.4 is 9.64 Å². The van der Waals surface area contributed by atoms with Crippen molar-refractivity contribution >= 4 is 23.2 Å². The number of ether oxygens (including phenoxy) is 1. The highest BCUT2D eigenvalue weighted by molar-refractivity contribution is 6.30. The molecule has 1 amide bonds. The number of benzene rings is 2. The fourth-order valence-corrected chi connectivity index (χ4v) is 3.14. The largest absolute Gasteiger partial charge is 0.481 e. The van der Waals surface area contributed by atoms with Gasteiger partial charge in [-0.3, -0.25) is 4.79 Å². The Hall–Kier alpha value is -2.20. The lowest BCUT2D eigenvalue weighted by atomic mass is 10.2. The van der Waals surface area contributed by atoms with E-state index in [1.54, 1.807) is 24.3 Å². The molecule has 0 aliphatic carbocycles. The zero-order chi connectivity index (χ0) is 17.6. The van der Waals surface area contributed by atoms with Crippen LogP contribution in [0.4, 0.5) is 5.69 Å². The molecule has 2 aromatic carbocycles. The number of hydrogen-bond acceptors (Lipinski definition) is 3. The Morgan fingerprint density at radius 2 is 1.68 bits per heavy atom. The summed E-state index contributed by atoms with van der Waals surface area (Å²) in [6.07, 6.45) is 0.185. The van der Waals surface area contributed by atoms with Crippen molar-refractivity contribution in [2.24, 2.45) is 0 Å². The zero-order valence-corrected chi connectivity index (χ0v) is 15.2. The van der Waals surface area contributed by atoms with Gasteiger partial charge in [-0.15, -0.1) is 0 Å². The fraction of sp³-hybridized carbons (Fsp3) is 0.350. The Kier molecular flexibility index (Phi) is 5.82. The van der Waals surface area contributed by atoms with Crippen LogP contribution in [-0.4, -0.2) is 43.1 Å². The van der Waals surface area contributed by atoms with Crippen molar-refractivity contribution in [3.05, 3.63) is 59.6 Å². The highest BCUT2D eigenvalue weighted by atomic mass is 35.5. The molecule has 1 fully saturated rings. The molecule has 1 unspecified atom stereocenters. The van der Waals surface area contributed by atoms with Crippen molar-refractivity contribution in [2.45, 2.75) is 19.4 Å². The number of amides is 1. The third-order valence-corrected chi connectivity index (χ3v) is 4.70. The molecular formula is C20H23ClN2O2. The smallest absolute Gasteiger partial charge is 0.263 e. The Labute approximate surface area is 154 Å². The van der Waals surface area contributed by atoms with E-state index in [1.807, 2.05) is 30.0 Å². The van der Waals surface area contributed by atoms with Gasteiger partial charge in [-0.05, 0) is 42.8 Å². The summed E-state index contributed by atoms with van der Waals surface area (Å²) in [4.78, 5) is 17.0. The number of anilines is 1. The Morgan fingerprint density at radius 3 is 2.28 bits per heavy atom. The molecule has 5 heteroatoms. The van der Waals surface area contributed by atoms with E-state index in [1.165, 1.54) is 5.69 Å². The summed E-state index contributed by atoms with van der Waals surface area (Å²) in [5.41, 5.74) is 1.21. The van der Waals surface area contributed by atoms with E-state index in [2.05, 4.69) is 17.0 Å². The molecule has 0 spiro atoms. The summed E-state index contributed by atoms with van der Waals surface area (Å²) in [6, 6.07) is 17.5. The average molecular weight is 359 g/mol. The number of nitrogens with zero attached hydrogens (tertiary/aromatic N) is 2. The van der Waals surface area contributed by atoms with Gasteiger partial charge in [-0.2, -0.15) is 0 Å². The minimum absolute atomic E-state index is 0.0603. The third-order valence-electron chi connectivity index (χ3n) is 4.45. The molecule has 4 nitrogen and oxygen atoms in total. The van der Waals surface area contributed by atoms with Gasteiger partial charge < -0.3 is 14.5 Å². The lowest BCUT2D eigenvalue weighted by molar-refractivity contribution is -0.139. The maximum Gasteiger partial charge on any atom is 0.263 e. The molecule has 0 radical (unpaired) electrons. The van der Waals surface area contributed by atoms with Gasteiger partial charge >= 0.3 is 0 Å². The molecule has 1 saturated heterocycles. The topological polar surface area (TPSA) is 32.8 Å². The van der Waals surface area contributed by atoms with Crippen molar-refractivity contribution in [2.75, 3.05) is 31.1 Å². The maximum absolute atomic E-state index is 12.8. The van der Waals surface area contributed by atoms with Gasteiger partial charge in [0, 0.05) is 36.9 Å². The van der Waals surface area contributed by atoms with Crippen LogP contribution in [0.15, 0.2) is 54.6 Å². The first kappa shape index (κ1) is 17.6. The van der Waals surface area contributed by atoms with Gasteiger partial charge in [0.15, 0.2) is 6.10 Å². The normalized spacial score (nSPS) is 15.8. The first-order valence-corrected chi connectivity index (χ1v) is 9.06. The molecule has 3 rings (SSSR count). The van der Waals surface area contributed by atoms with Crippen molar-refractivity contribution < 1.29 is 9.53 Å². The number of piperazine rings is 1. The zero-order valence-electron chi connectivity index (χ0n) is 14.4. The van der Waals surface area contributed by atoms with Crippen LogP contribution >= 0.6 is 11.6 Å². The lowest BCUT2D eigenvalue weighted by Gasteiger charge is -2.37. The molecule has 1 heterocycles. The highest BCUT2D eigenvalue weighted by Crippen LogP contribution is 2.20. The molecule has 0 saturated carbocycles. The summed E-state index contributed by atoms with van der Waals surface area (Å²) < 4.78 is 5.88. The second-order valence-electron chi connectivity index (χ2n) is 6.12. The molecule has 1 aliphatic heterocycles. The van der Waals surface area contributed by atoms with Crippen LogP contribution in [0.5, 0.6) is 5.75 Å². The summed E-state index contributed by atoms with van der Waals surface area (Å²) in [5.74, 6) is 0.734. The summed E-state index contributed by atoms with van der Waals surface area (Å²) in [6.45, 7) is 5.08. The molecule has 0 bridgehead atoms. The van der Waals surface area contributed by atoms with Crippen molar-refractivity contribution in [1.29, 1.82) is 0 Å². The van der Waals surface area contributed by atoms with Crippen LogP contribution in [0.2, 0.25) is 5.02 Å². The minimum Gasteiger partial charge on any atom is -0.481 e. The molecule has 1 aliphatic rings. The highest BCUT2D eigenvalue weighted by Gasteiger charge is 2.27. The van der Waals surface area contributed by atoms with Gasteiger partial charge in [0.05, 0.1) is 0 Å². The van der Waals surface area contributed by atoms with Crippen LogP contribution in [0.25, 0.3) is 0 Å². The molecule has 2 aromatic rings. The fourth-order valence-electron chi connectivity index (χ4n) is 3.01. The van der Waals surface area contributed by atoms with E-state index < -0.39 is 6.10 Å². The number of hydrogen-bond donors (Lipinski definition) is 0. The van der Waals surface area contributed by atoms with Crippen molar-refractivity contribution in [3.63, 3.8) is 0 Å². The van der Waals surface area contributed by atoms with E-state index in [0.717, 1.165) is 13.1 Å². The Balaban J connectivity index is 1.57. The van der Waals surface area contributed by atoms with Gasteiger partial charge in [0.1, 0.15) is 5.75 Å². The van der Waals surface area contributed by atoms with Crippen molar-refractivity contribution in [3.8, 4) is 5.75 Å². The van der Waals surface area contributed by atoms with E-state index in [4.69, 9.17) is 16.3 Å². The predicted octanol–water partition coefficient (Wildman–Crippen LogP) is 3.85. The van der Waals surface area contributed by atoms with E-state index in [9.17, 15) is 4.79 Å². The standard InChI is InChI=1S/C20H23ClN2O2/c1-2-19(25-18-10-8-16(21)9-11-18)20(24)23-14-12-22(13-15-23)17-6-4-3-5-7-17/h3-11,19H,2,12-15H2,1H3. The number of halogens is 1. The van der Waals surface area contributed by atoms with E-state index in [0.29, 0.717) is 30.3 Å². The van der Waals surface area contributed by atoms with Gasteiger partial charge in [-0.25, -0.2) is 0 Å². The Morgan fingerprint density at radius 1 is 1.04 bits per heavy atom. The third kappa shape index (κ3) is 4.45. The SMILES string of the molecule is CCC(Oc1ccc(Cl)cc1)C(=O)N1CCN(c2ccccc2)CC1. The minimum atomic E-state index is -0.454.